The van der Waals surface area contributed by atoms with Crippen molar-refractivity contribution in [2.24, 2.45) is 0 Å². The molecule has 1 aromatic carbocycles. The third kappa shape index (κ3) is 4.82. The van der Waals surface area contributed by atoms with Crippen molar-refractivity contribution in [1.29, 1.82) is 0 Å². The van der Waals surface area contributed by atoms with Crippen molar-refractivity contribution in [3.63, 3.8) is 0 Å². The van der Waals surface area contributed by atoms with Crippen LogP contribution in [0.25, 0.3) is 11.3 Å². The molecule has 1 aliphatic heterocycles. The summed E-state index contributed by atoms with van der Waals surface area (Å²) in [5, 5.41) is 2.99. The molecule has 0 bridgehead atoms. The van der Waals surface area contributed by atoms with Gasteiger partial charge in [0.1, 0.15) is 5.82 Å². The van der Waals surface area contributed by atoms with Gasteiger partial charge in [-0.2, -0.15) is 0 Å². The number of nitrogens with one attached hydrogen (secondary N) is 1. The van der Waals surface area contributed by atoms with Gasteiger partial charge in [-0.3, -0.25) is 14.6 Å². The summed E-state index contributed by atoms with van der Waals surface area (Å²) >= 11 is 0. The van der Waals surface area contributed by atoms with Crippen LogP contribution in [-0.2, 0) is 0 Å². The third-order valence-corrected chi connectivity index (χ3v) is 5.69. The van der Waals surface area contributed by atoms with Crippen LogP contribution < -0.4 is 5.32 Å². The van der Waals surface area contributed by atoms with Gasteiger partial charge in [0.25, 0.3) is 11.8 Å². The van der Waals surface area contributed by atoms with Gasteiger partial charge in [-0.1, -0.05) is 6.07 Å². The van der Waals surface area contributed by atoms with E-state index in [0.29, 0.717) is 17.0 Å². The van der Waals surface area contributed by atoms with Crippen LogP contribution in [0.1, 0.15) is 63.5 Å². The highest BCUT2D eigenvalue weighted by Crippen LogP contribution is 2.24. The predicted molar refractivity (Wildman–Crippen MR) is 122 cm³/mol. The van der Waals surface area contributed by atoms with Gasteiger partial charge in [-0.25, -0.2) is 9.97 Å². The van der Waals surface area contributed by atoms with Gasteiger partial charge in [0.15, 0.2) is 0 Å². The molecule has 4 rings (SSSR count). The number of aromatic nitrogens is 3. The van der Waals surface area contributed by atoms with Crippen LogP contribution in [0.3, 0.4) is 0 Å². The smallest absolute Gasteiger partial charge is 0.253 e. The van der Waals surface area contributed by atoms with E-state index in [1.54, 1.807) is 30.7 Å². The zero-order chi connectivity index (χ0) is 22.7. The minimum absolute atomic E-state index is 0.0505. The van der Waals surface area contributed by atoms with Crippen molar-refractivity contribution in [2.75, 3.05) is 13.1 Å². The summed E-state index contributed by atoms with van der Waals surface area (Å²) < 4.78 is 0. The molecule has 1 atom stereocenters. The topological polar surface area (TPSA) is 88.1 Å². The molecule has 2 amide bonds. The van der Waals surface area contributed by atoms with Gasteiger partial charge in [0, 0.05) is 53.9 Å². The van der Waals surface area contributed by atoms with E-state index in [0.717, 1.165) is 48.3 Å². The number of carbonyl (C=O) groups excluding carboxylic acids is 2. The van der Waals surface area contributed by atoms with Crippen molar-refractivity contribution in [3.05, 3.63) is 77.0 Å². The minimum Gasteiger partial charge on any atom is -0.345 e. The summed E-state index contributed by atoms with van der Waals surface area (Å²) in [5.41, 5.74) is 4.25. The number of carbonyl (C=O) groups is 2. The maximum atomic E-state index is 13.1. The second-order valence-electron chi connectivity index (χ2n) is 8.28. The van der Waals surface area contributed by atoms with Crippen molar-refractivity contribution < 1.29 is 9.59 Å². The summed E-state index contributed by atoms with van der Waals surface area (Å²) in [6.45, 7) is 7.17. The standard InChI is InChI=1S/C25H27N5O2/c1-16-6-7-23(28-13-16)19-10-20(12-21(11-19)25(32)30-8-4-5-9-30)24(31)29-17(2)22-14-26-18(3)27-15-22/h6-7,10-15,17H,4-5,8-9H2,1-3H3,(H,29,31)/t17-/m1/s1. The Kier molecular flexibility index (Phi) is 6.25. The number of nitrogens with zero attached hydrogens (tertiary/aromatic N) is 4. The summed E-state index contributed by atoms with van der Waals surface area (Å²) in [4.78, 5) is 41.0. The van der Waals surface area contributed by atoms with E-state index < -0.39 is 0 Å². The lowest BCUT2D eigenvalue weighted by molar-refractivity contribution is 0.0793. The first-order chi connectivity index (χ1) is 15.4. The molecular formula is C25H27N5O2. The SMILES string of the molecule is Cc1ccc(-c2cc(C(=O)N[C@H](C)c3cnc(C)nc3)cc(C(=O)N3CCCC3)c2)nc1. The largest absolute Gasteiger partial charge is 0.345 e. The first kappa shape index (κ1) is 21.6. The zero-order valence-electron chi connectivity index (χ0n) is 18.6. The molecule has 32 heavy (non-hydrogen) atoms. The highest BCUT2D eigenvalue weighted by Gasteiger charge is 2.22. The van der Waals surface area contributed by atoms with Gasteiger partial charge >= 0.3 is 0 Å². The Morgan fingerprint density at radius 3 is 2.28 bits per heavy atom. The van der Waals surface area contributed by atoms with Crippen LogP contribution >= 0.6 is 0 Å². The van der Waals surface area contributed by atoms with E-state index in [-0.39, 0.29) is 17.9 Å². The van der Waals surface area contributed by atoms with Crippen molar-refractivity contribution in [3.8, 4) is 11.3 Å². The fraction of sp³-hybridized carbons (Fsp3) is 0.320. The van der Waals surface area contributed by atoms with Gasteiger partial charge < -0.3 is 10.2 Å². The van der Waals surface area contributed by atoms with Crippen molar-refractivity contribution in [1.82, 2.24) is 25.2 Å². The highest BCUT2D eigenvalue weighted by molar-refractivity contribution is 6.01. The molecule has 7 heteroatoms. The number of pyridine rings is 1. The Bertz CT molecular complexity index is 1120. The van der Waals surface area contributed by atoms with E-state index in [4.69, 9.17) is 0 Å². The van der Waals surface area contributed by atoms with E-state index in [2.05, 4.69) is 20.3 Å². The number of amides is 2. The third-order valence-electron chi connectivity index (χ3n) is 5.69. The average molecular weight is 430 g/mol. The molecule has 3 aromatic rings. The van der Waals surface area contributed by atoms with E-state index >= 15 is 0 Å². The van der Waals surface area contributed by atoms with Crippen LogP contribution in [0.15, 0.2) is 48.9 Å². The number of likely N-dealkylation sites (tertiary alicyclic amines) is 1. The number of benzene rings is 1. The fourth-order valence-corrected chi connectivity index (χ4v) is 3.76. The molecule has 7 nitrogen and oxygen atoms in total. The maximum absolute atomic E-state index is 13.1. The number of hydrogen-bond acceptors (Lipinski definition) is 5. The maximum Gasteiger partial charge on any atom is 0.253 e. The molecule has 1 saturated heterocycles. The Morgan fingerprint density at radius 2 is 1.62 bits per heavy atom. The van der Waals surface area contributed by atoms with E-state index in [9.17, 15) is 9.59 Å². The summed E-state index contributed by atoms with van der Waals surface area (Å²) in [7, 11) is 0. The second-order valence-corrected chi connectivity index (χ2v) is 8.28. The molecule has 1 N–H and O–H groups in total. The van der Waals surface area contributed by atoms with Crippen LogP contribution in [-0.4, -0.2) is 44.8 Å². The number of hydrogen-bond donors (Lipinski definition) is 1. The Labute approximate surface area is 187 Å². The van der Waals surface area contributed by atoms with Gasteiger partial charge in [0.2, 0.25) is 0 Å². The highest BCUT2D eigenvalue weighted by atomic mass is 16.2. The monoisotopic (exact) mass is 429 g/mol. The lowest BCUT2D eigenvalue weighted by Crippen LogP contribution is -2.29. The molecule has 1 aliphatic rings. The van der Waals surface area contributed by atoms with Crippen LogP contribution in [0.5, 0.6) is 0 Å². The molecular weight excluding hydrogens is 402 g/mol. The minimum atomic E-state index is -0.276. The quantitative estimate of drug-likeness (QED) is 0.665. The van der Waals surface area contributed by atoms with Crippen molar-refractivity contribution >= 4 is 11.8 Å². The van der Waals surface area contributed by atoms with Crippen LogP contribution in [0, 0.1) is 13.8 Å². The molecule has 0 unspecified atom stereocenters. The van der Waals surface area contributed by atoms with Gasteiger partial charge in [-0.05, 0) is 63.4 Å². The number of rotatable bonds is 5. The second kappa shape index (κ2) is 9.26. The Balaban J connectivity index is 1.66. The summed E-state index contributed by atoms with van der Waals surface area (Å²) in [5.74, 6) is 0.364. The molecule has 3 heterocycles. The van der Waals surface area contributed by atoms with Crippen LogP contribution in [0.4, 0.5) is 0 Å². The molecule has 2 aromatic heterocycles. The number of aryl methyl sites for hydroxylation is 2. The average Bonchev–Trinajstić information content (AvgIpc) is 3.34. The lowest BCUT2D eigenvalue weighted by atomic mass is 10.0. The summed E-state index contributed by atoms with van der Waals surface area (Å²) in [6, 6.07) is 8.88. The molecule has 0 saturated carbocycles. The van der Waals surface area contributed by atoms with Gasteiger partial charge in [-0.15, -0.1) is 0 Å². The summed E-state index contributed by atoms with van der Waals surface area (Å²) in [6.07, 6.45) is 7.22. The normalized spacial score (nSPS) is 14.3. The fourth-order valence-electron chi connectivity index (χ4n) is 3.76. The molecule has 164 valence electrons. The van der Waals surface area contributed by atoms with E-state index in [1.807, 2.05) is 43.9 Å². The van der Waals surface area contributed by atoms with Crippen molar-refractivity contribution in [2.45, 2.75) is 39.7 Å². The lowest BCUT2D eigenvalue weighted by Gasteiger charge is -2.18. The molecule has 0 aliphatic carbocycles. The van der Waals surface area contributed by atoms with Crippen LogP contribution in [0.2, 0.25) is 0 Å². The first-order valence-electron chi connectivity index (χ1n) is 10.9. The molecule has 0 radical (unpaired) electrons. The molecule has 0 spiro atoms. The zero-order valence-corrected chi connectivity index (χ0v) is 18.6. The van der Waals surface area contributed by atoms with E-state index in [1.165, 1.54) is 0 Å². The Hall–Kier alpha value is -3.61. The molecule has 1 fully saturated rings. The Morgan fingerprint density at radius 1 is 0.938 bits per heavy atom. The van der Waals surface area contributed by atoms with Gasteiger partial charge in [0.05, 0.1) is 11.7 Å². The predicted octanol–water partition coefficient (Wildman–Crippen LogP) is 3.88. The first-order valence-corrected chi connectivity index (χ1v) is 10.9.